The van der Waals surface area contributed by atoms with Crippen LogP contribution in [-0.4, -0.2) is 23.0 Å². The topological polar surface area (TPSA) is 76.1 Å². The molecule has 0 unspecified atom stereocenters. The second-order valence-electron chi connectivity index (χ2n) is 5.34. The highest BCUT2D eigenvalue weighted by Crippen LogP contribution is 2.27. The van der Waals surface area contributed by atoms with Crippen molar-refractivity contribution in [3.8, 4) is 5.75 Å². The van der Waals surface area contributed by atoms with Crippen LogP contribution in [0.3, 0.4) is 0 Å². The van der Waals surface area contributed by atoms with Gasteiger partial charge in [0.2, 0.25) is 0 Å². The number of hydrogen-bond acceptors (Lipinski definition) is 5. The molecule has 1 amide bonds. The number of nitrogens with one attached hydrogen (secondary N) is 2. The van der Waals surface area contributed by atoms with E-state index in [1.54, 1.807) is 18.2 Å². The molecule has 6 nitrogen and oxygen atoms in total. The smallest absolute Gasteiger partial charge is 0.275 e. The fraction of sp³-hybridized carbons (Fsp3) is 0.0556. The number of hydrogen-bond donors (Lipinski definition) is 2. The van der Waals surface area contributed by atoms with Gasteiger partial charge in [-0.2, -0.15) is 0 Å². The average Bonchev–Trinajstić information content (AvgIpc) is 2.65. The zero-order valence-corrected chi connectivity index (χ0v) is 14.7. The van der Waals surface area contributed by atoms with Crippen LogP contribution in [-0.2, 0) is 0 Å². The molecule has 0 fully saturated rings. The van der Waals surface area contributed by atoms with Gasteiger partial charge >= 0.3 is 0 Å². The minimum atomic E-state index is -0.984. The second-order valence-corrected chi connectivity index (χ2v) is 5.75. The van der Waals surface area contributed by atoms with Gasteiger partial charge in [0.1, 0.15) is 17.3 Å². The van der Waals surface area contributed by atoms with Crippen molar-refractivity contribution in [2.45, 2.75) is 0 Å². The van der Waals surface area contributed by atoms with Crippen molar-refractivity contribution in [2.75, 3.05) is 17.7 Å². The van der Waals surface area contributed by atoms with E-state index in [0.717, 1.165) is 12.1 Å². The molecular weight excluding hydrogens is 378 g/mol. The first kappa shape index (κ1) is 18.5. The van der Waals surface area contributed by atoms with Crippen LogP contribution in [0.15, 0.2) is 48.8 Å². The van der Waals surface area contributed by atoms with E-state index >= 15 is 0 Å². The third-order valence-electron chi connectivity index (χ3n) is 3.49. The van der Waals surface area contributed by atoms with Gasteiger partial charge in [0.05, 0.1) is 24.5 Å². The number of carbonyl (C=O) groups excluding carboxylic acids is 1. The van der Waals surface area contributed by atoms with Gasteiger partial charge in [0.25, 0.3) is 5.91 Å². The normalized spacial score (nSPS) is 10.4. The number of amides is 1. The van der Waals surface area contributed by atoms with Crippen molar-refractivity contribution in [1.82, 2.24) is 9.97 Å². The lowest BCUT2D eigenvalue weighted by Crippen LogP contribution is -2.14. The van der Waals surface area contributed by atoms with Gasteiger partial charge < -0.3 is 15.4 Å². The molecule has 0 bridgehead atoms. The van der Waals surface area contributed by atoms with Crippen molar-refractivity contribution >= 4 is 34.7 Å². The molecule has 0 spiro atoms. The Hall–Kier alpha value is -3.26. The van der Waals surface area contributed by atoms with E-state index in [1.807, 2.05) is 0 Å². The van der Waals surface area contributed by atoms with E-state index in [1.165, 1.54) is 25.6 Å². The SMILES string of the molecule is COc1ccc(NC(=O)c2cnc(Nc3ccc(F)c(F)c3)cn2)cc1Cl. The van der Waals surface area contributed by atoms with Gasteiger partial charge in [0, 0.05) is 17.4 Å². The molecule has 1 heterocycles. The highest BCUT2D eigenvalue weighted by atomic mass is 35.5. The molecule has 0 aliphatic rings. The largest absolute Gasteiger partial charge is 0.495 e. The zero-order valence-electron chi connectivity index (χ0n) is 14.0. The van der Waals surface area contributed by atoms with E-state index in [2.05, 4.69) is 20.6 Å². The summed E-state index contributed by atoms with van der Waals surface area (Å²) in [5, 5.41) is 5.76. The summed E-state index contributed by atoms with van der Waals surface area (Å²) in [6, 6.07) is 8.14. The van der Waals surface area contributed by atoms with Crippen molar-refractivity contribution in [3.63, 3.8) is 0 Å². The molecule has 0 atom stereocenters. The van der Waals surface area contributed by atoms with Crippen molar-refractivity contribution in [2.24, 2.45) is 0 Å². The first-order chi connectivity index (χ1) is 13.0. The van der Waals surface area contributed by atoms with Crippen LogP contribution in [0.5, 0.6) is 5.75 Å². The summed E-state index contributed by atoms with van der Waals surface area (Å²) in [7, 11) is 1.49. The molecule has 0 saturated carbocycles. The molecule has 2 aromatic carbocycles. The zero-order chi connectivity index (χ0) is 19.4. The number of ether oxygens (including phenoxy) is 1. The van der Waals surface area contributed by atoms with E-state index in [-0.39, 0.29) is 11.5 Å². The Labute approximate surface area is 158 Å². The third-order valence-corrected chi connectivity index (χ3v) is 3.78. The molecular formula is C18H13ClF2N4O2. The Morgan fingerprint density at radius 1 is 1.04 bits per heavy atom. The van der Waals surface area contributed by atoms with Crippen LogP contribution in [0.4, 0.5) is 26.0 Å². The Bertz CT molecular complexity index is 984. The molecule has 0 aliphatic carbocycles. The van der Waals surface area contributed by atoms with Crippen LogP contribution < -0.4 is 15.4 Å². The predicted molar refractivity (Wildman–Crippen MR) is 97.6 cm³/mol. The first-order valence-electron chi connectivity index (χ1n) is 7.65. The summed E-state index contributed by atoms with van der Waals surface area (Å²) < 4.78 is 31.2. The van der Waals surface area contributed by atoms with Crippen molar-refractivity contribution < 1.29 is 18.3 Å². The Balaban J connectivity index is 1.68. The lowest BCUT2D eigenvalue weighted by Gasteiger charge is -2.08. The molecule has 9 heteroatoms. The molecule has 3 aromatic rings. The minimum Gasteiger partial charge on any atom is -0.495 e. The third kappa shape index (κ3) is 4.48. The van der Waals surface area contributed by atoms with Crippen LogP contribution in [0, 0.1) is 11.6 Å². The molecule has 1 aromatic heterocycles. The average molecular weight is 391 g/mol. The van der Waals surface area contributed by atoms with Crippen molar-refractivity contribution in [3.05, 3.63) is 71.1 Å². The summed E-state index contributed by atoms with van der Waals surface area (Å²) in [5.74, 6) is -1.66. The number of carbonyl (C=O) groups is 1. The van der Waals surface area contributed by atoms with E-state index in [0.29, 0.717) is 22.1 Å². The molecule has 27 heavy (non-hydrogen) atoms. The van der Waals surface area contributed by atoms with E-state index < -0.39 is 17.5 Å². The number of halogens is 3. The first-order valence-corrected chi connectivity index (χ1v) is 8.03. The summed E-state index contributed by atoms with van der Waals surface area (Å²) >= 11 is 6.01. The summed E-state index contributed by atoms with van der Waals surface area (Å²) in [4.78, 5) is 20.3. The second kappa shape index (κ2) is 7.96. The molecule has 2 N–H and O–H groups in total. The highest BCUT2D eigenvalue weighted by Gasteiger charge is 2.11. The maximum atomic E-state index is 13.2. The molecule has 0 radical (unpaired) electrons. The molecule has 3 rings (SSSR count). The maximum Gasteiger partial charge on any atom is 0.275 e. The van der Waals surface area contributed by atoms with Gasteiger partial charge in [0.15, 0.2) is 11.6 Å². The van der Waals surface area contributed by atoms with Crippen LogP contribution in [0.1, 0.15) is 10.5 Å². The van der Waals surface area contributed by atoms with Gasteiger partial charge in [-0.05, 0) is 30.3 Å². The lowest BCUT2D eigenvalue weighted by molar-refractivity contribution is 0.102. The number of benzene rings is 2. The monoisotopic (exact) mass is 390 g/mol. The number of aromatic nitrogens is 2. The summed E-state index contributed by atoms with van der Waals surface area (Å²) in [6.45, 7) is 0. The van der Waals surface area contributed by atoms with Crippen LogP contribution >= 0.6 is 11.6 Å². The fourth-order valence-electron chi connectivity index (χ4n) is 2.17. The molecule has 0 aliphatic heterocycles. The van der Waals surface area contributed by atoms with Gasteiger partial charge in [-0.1, -0.05) is 11.6 Å². The van der Waals surface area contributed by atoms with Crippen LogP contribution in [0.2, 0.25) is 5.02 Å². The van der Waals surface area contributed by atoms with E-state index in [4.69, 9.17) is 16.3 Å². The highest BCUT2D eigenvalue weighted by molar-refractivity contribution is 6.32. The van der Waals surface area contributed by atoms with Gasteiger partial charge in [-0.15, -0.1) is 0 Å². The number of nitrogens with zero attached hydrogens (tertiary/aromatic N) is 2. The molecule has 0 saturated heterocycles. The Morgan fingerprint density at radius 2 is 1.81 bits per heavy atom. The van der Waals surface area contributed by atoms with Gasteiger partial charge in [-0.3, -0.25) is 4.79 Å². The number of anilines is 3. The van der Waals surface area contributed by atoms with E-state index in [9.17, 15) is 13.6 Å². The standard InChI is InChI=1S/C18H13ClF2N4O2/c1-27-16-5-3-10(6-12(16)19)25-18(26)15-8-23-17(9-22-15)24-11-2-4-13(20)14(21)7-11/h2-9H,1H3,(H,23,24)(H,25,26). The van der Waals surface area contributed by atoms with Gasteiger partial charge in [-0.25, -0.2) is 18.7 Å². The summed E-state index contributed by atoms with van der Waals surface area (Å²) in [5.41, 5.74) is 0.836. The maximum absolute atomic E-state index is 13.2. The predicted octanol–water partition coefficient (Wildman–Crippen LogP) is 4.41. The summed E-state index contributed by atoms with van der Waals surface area (Å²) in [6.07, 6.45) is 2.56. The lowest BCUT2D eigenvalue weighted by atomic mass is 10.3. The molecule has 138 valence electrons. The van der Waals surface area contributed by atoms with Crippen molar-refractivity contribution in [1.29, 1.82) is 0 Å². The number of methoxy groups -OCH3 is 1. The Kier molecular flexibility index (Phi) is 5.46. The minimum absolute atomic E-state index is 0.0674. The Morgan fingerprint density at radius 3 is 2.44 bits per heavy atom. The number of rotatable bonds is 5. The quantitative estimate of drug-likeness (QED) is 0.674. The fourth-order valence-corrected chi connectivity index (χ4v) is 2.43. The van der Waals surface area contributed by atoms with Crippen LogP contribution in [0.25, 0.3) is 0 Å².